The van der Waals surface area contributed by atoms with Crippen molar-refractivity contribution in [1.29, 1.82) is 0 Å². The number of nitrogens with one attached hydrogen (secondary N) is 2. The molecule has 6 heteroatoms. The van der Waals surface area contributed by atoms with Crippen LogP contribution in [-0.2, 0) is 0 Å². The Morgan fingerprint density at radius 3 is 2.90 bits per heavy atom. The average Bonchev–Trinajstić information content (AvgIpc) is 2.48. The monoisotopic (exact) mass is 278 g/mol. The van der Waals surface area contributed by atoms with Gasteiger partial charge in [-0.3, -0.25) is 9.59 Å². The van der Waals surface area contributed by atoms with Crippen LogP contribution < -0.4 is 10.9 Å². The van der Waals surface area contributed by atoms with Gasteiger partial charge in [0.2, 0.25) is 0 Å². The molecular formula is C14H22N4O2. The smallest absolute Gasteiger partial charge is 0.274 e. The minimum absolute atomic E-state index is 0.115. The van der Waals surface area contributed by atoms with Crippen molar-refractivity contribution in [3.8, 4) is 0 Å². The Kier molecular flexibility index (Phi) is 5.29. The van der Waals surface area contributed by atoms with E-state index < -0.39 is 0 Å². The van der Waals surface area contributed by atoms with Crippen molar-refractivity contribution in [2.45, 2.75) is 38.6 Å². The molecule has 1 fully saturated rings. The van der Waals surface area contributed by atoms with Crippen molar-refractivity contribution >= 4 is 5.91 Å². The fourth-order valence-corrected chi connectivity index (χ4v) is 2.52. The number of amides is 1. The van der Waals surface area contributed by atoms with Gasteiger partial charge in [0.25, 0.3) is 11.5 Å². The lowest BCUT2D eigenvalue weighted by atomic mass is 10.0. The lowest BCUT2D eigenvalue weighted by molar-refractivity contribution is 0.0724. The predicted molar refractivity (Wildman–Crippen MR) is 76.7 cm³/mol. The van der Waals surface area contributed by atoms with Crippen molar-refractivity contribution in [2.24, 2.45) is 0 Å². The Labute approximate surface area is 118 Å². The zero-order chi connectivity index (χ0) is 14.4. The largest absolute Gasteiger partial charge is 0.336 e. The highest BCUT2D eigenvalue weighted by atomic mass is 16.2. The highest BCUT2D eigenvalue weighted by molar-refractivity contribution is 5.92. The van der Waals surface area contributed by atoms with Crippen LogP contribution in [0, 0.1) is 0 Å². The van der Waals surface area contributed by atoms with Crippen LogP contribution in [0.2, 0.25) is 0 Å². The van der Waals surface area contributed by atoms with Gasteiger partial charge in [0.1, 0.15) is 5.69 Å². The third-order valence-electron chi connectivity index (χ3n) is 3.53. The van der Waals surface area contributed by atoms with Crippen LogP contribution in [0.25, 0.3) is 0 Å². The molecule has 110 valence electrons. The third kappa shape index (κ3) is 3.90. The van der Waals surface area contributed by atoms with Crippen molar-refractivity contribution in [2.75, 3.05) is 19.6 Å². The molecule has 0 radical (unpaired) electrons. The molecule has 2 heterocycles. The topological polar surface area (TPSA) is 78.1 Å². The number of carbonyl (C=O) groups excluding carboxylic acids is 1. The Bertz CT molecular complexity index is 474. The van der Waals surface area contributed by atoms with Crippen molar-refractivity contribution in [3.05, 3.63) is 28.2 Å². The summed E-state index contributed by atoms with van der Waals surface area (Å²) in [5.74, 6) is -0.115. The molecule has 2 N–H and O–H groups in total. The van der Waals surface area contributed by atoms with Gasteiger partial charge in [-0.15, -0.1) is 0 Å². The van der Waals surface area contributed by atoms with E-state index in [-0.39, 0.29) is 11.5 Å². The van der Waals surface area contributed by atoms with E-state index in [1.54, 1.807) is 0 Å². The molecule has 2 rings (SSSR count). The lowest BCUT2D eigenvalue weighted by Gasteiger charge is -2.30. The first-order valence-corrected chi connectivity index (χ1v) is 7.29. The normalized spacial score (nSPS) is 18.8. The van der Waals surface area contributed by atoms with Crippen molar-refractivity contribution < 1.29 is 4.79 Å². The van der Waals surface area contributed by atoms with E-state index in [9.17, 15) is 9.59 Å². The molecule has 1 amide bonds. The first-order chi connectivity index (χ1) is 9.70. The summed E-state index contributed by atoms with van der Waals surface area (Å²) >= 11 is 0. The van der Waals surface area contributed by atoms with Gasteiger partial charge in [0.15, 0.2) is 0 Å². The van der Waals surface area contributed by atoms with E-state index in [4.69, 9.17) is 0 Å². The number of nitrogens with zero attached hydrogens (tertiary/aromatic N) is 2. The highest BCUT2D eigenvalue weighted by Crippen LogP contribution is 2.10. The molecule has 1 aromatic heterocycles. The van der Waals surface area contributed by atoms with E-state index in [0.717, 1.165) is 19.4 Å². The molecule has 0 spiro atoms. The van der Waals surface area contributed by atoms with Crippen molar-refractivity contribution in [3.63, 3.8) is 0 Å². The lowest BCUT2D eigenvalue weighted by Crippen LogP contribution is -2.46. The van der Waals surface area contributed by atoms with Gasteiger partial charge in [0.05, 0.1) is 0 Å². The van der Waals surface area contributed by atoms with Crippen LogP contribution in [0.15, 0.2) is 16.9 Å². The molecule has 0 aromatic carbocycles. The molecule has 0 saturated carbocycles. The first-order valence-electron chi connectivity index (χ1n) is 7.29. The van der Waals surface area contributed by atoms with Crippen molar-refractivity contribution in [1.82, 2.24) is 20.4 Å². The number of rotatable bonds is 5. The maximum atomic E-state index is 12.4. The van der Waals surface area contributed by atoms with Gasteiger partial charge < -0.3 is 10.2 Å². The summed E-state index contributed by atoms with van der Waals surface area (Å²) in [6.45, 7) is 4.48. The summed E-state index contributed by atoms with van der Waals surface area (Å²) < 4.78 is 0. The molecule has 0 aliphatic carbocycles. The number of aromatic nitrogens is 2. The summed E-state index contributed by atoms with van der Waals surface area (Å²) in [5, 5.41) is 9.59. The minimum atomic E-state index is -0.294. The Morgan fingerprint density at radius 1 is 1.45 bits per heavy atom. The molecule has 1 aliphatic heterocycles. The van der Waals surface area contributed by atoms with E-state index in [1.807, 2.05) is 4.90 Å². The Morgan fingerprint density at radius 2 is 2.30 bits per heavy atom. The summed E-state index contributed by atoms with van der Waals surface area (Å²) in [5.41, 5.74) is 0.00592. The zero-order valence-corrected chi connectivity index (χ0v) is 11.9. The molecule has 20 heavy (non-hydrogen) atoms. The second kappa shape index (κ2) is 7.19. The summed E-state index contributed by atoms with van der Waals surface area (Å²) in [6.07, 6.45) is 4.43. The fraction of sp³-hybridized carbons (Fsp3) is 0.643. The average molecular weight is 278 g/mol. The summed E-state index contributed by atoms with van der Waals surface area (Å²) in [7, 11) is 0. The molecule has 1 aliphatic rings. The molecular weight excluding hydrogens is 256 g/mol. The van der Waals surface area contributed by atoms with E-state index >= 15 is 0 Å². The van der Waals surface area contributed by atoms with Gasteiger partial charge in [-0.2, -0.15) is 5.10 Å². The van der Waals surface area contributed by atoms with Crippen LogP contribution in [0.3, 0.4) is 0 Å². The first kappa shape index (κ1) is 14.7. The SMILES string of the molecule is CCCN(CC1CCCCN1)C(=O)c1ccc(=O)[nH]n1. The molecule has 1 unspecified atom stereocenters. The maximum Gasteiger partial charge on any atom is 0.274 e. The molecule has 1 saturated heterocycles. The Balaban J connectivity index is 2.04. The second-order valence-corrected chi connectivity index (χ2v) is 5.20. The quantitative estimate of drug-likeness (QED) is 0.833. The molecule has 1 atom stereocenters. The number of aromatic amines is 1. The van der Waals surface area contributed by atoms with Gasteiger partial charge in [-0.25, -0.2) is 5.10 Å². The molecule has 1 aromatic rings. The molecule has 6 nitrogen and oxygen atoms in total. The number of hydrogen-bond donors (Lipinski definition) is 2. The standard InChI is InChI=1S/C14H22N4O2/c1-2-9-18(10-11-5-3-4-8-15-11)14(20)12-6-7-13(19)17-16-12/h6-7,11,15H,2-5,8-10H2,1H3,(H,17,19). The van der Waals surface area contributed by atoms with E-state index in [0.29, 0.717) is 24.8 Å². The zero-order valence-electron chi connectivity index (χ0n) is 11.9. The number of carbonyl (C=O) groups is 1. The van der Waals surface area contributed by atoms with Crippen LogP contribution in [-0.4, -0.2) is 46.7 Å². The van der Waals surface area contributed by atoms with Crippen LogP contribution >= 0.6 is 0 Å². The van der Waals surface area contributed by atoms with Gasteiger partial charge in [-0.1, -0.05) is 13.3 Å². The highest BCUT2D eigenvalue weighted by Gasteiger charge is 2.21. The molecule has 0 bridgehead atoms. The van der Waals surface area contributed by atoms with Crippen LogP contribution in [0.1, 0.15) is 43.1 Å². The predicted octanol–water partition coefficient (Wildman–Crippen LogP) is 0.764. The van der Waals surface area contributed by atoms with Gasteiger partial charge in [0, 0.05) is 25.2 Å². The minimum Gasteiger partial charge on any atom is -0.336 e. The van der Waals surface area contributed by atoms with Crippen LogP contribution in [0.4, 0.5) is 0 Å². The Hall–Kier alpha value is -1.69. The number of hydrogen-bond acceptors (Lipinski definition) is 4. The number of H-pyrrole nitrogens is 1. The van der Waals surface area contributed by atoms with Crippen LogP contribution in [0.5, 0.6) is 0 Å². The summed E-state index contributed by atoms with van der Waals surface area (Å²) in [6, 6.07) is 3.18. The van der Waals surface area contributed by atoms with E-state index in [2.05, 4.69) is 22.4 Å². The van der Waals surface area contributed by atoms with Gasteiger partial charge in [-0.05, 0) is 31.9 Å². The fourth-order valence-electron chi connectivity index (χ4n) is 2.52. The maximum absolute atomic E-state index is 12.4. The second-order valence-electron chi connectivity index (χ2n) is 5.20. The third-order valence-corrected chi connectivity index (χ3v) is 3.53. The summed E-state index contributed by atoms with van der Waals surface area (Å²) in [4.78, 5) is 25.3. The van der Waals surface area contributed by atoms with Gasteiger partial charge >= 0.3 is 0 Å². The van der Waals surface area contributed by atoms with E-state index in [1.165, 1.54) is 25.0 Å². The number of piperidine rings is 1.